The molecule has 7 nitrogen and oxygen atoms in total. The van der Waals surface area contributed by atoms with Crippen molar-refractivity contribution in [2.75, 3.05) is 5.43 Å². The number of nitrogens with zero attached hydrogens (tertiary/aromatic N) is 4. The molecule has 0 heterocycles. The number of phenolic OH excluding ortho intramolecular Hbond substituents is 2. The molecule has 2 aromatic rings. The summed E-state index contributed by atoms with van der Waals surface area (Å²) in [6.45, 7) is 0. The maximum absolute atomic E-state index is 9.91. The van der Waals surface area contributed by atoms with Gasteiger partial charge >= 0.3 is 0 Å². The van der Waals surface area contributed by atoms with E-state index in [9.17, 15) is 10.2 Å². The van der Waals surface area contributed by atoms with Crippen molar-refractivity contribution in [3.8, 4) is 17.6 Å². The van der Waals surface area contributed by atoms with E-state index in [-0.39, 0.29) is 41.5 Å². The topological polar surface area (TPSA) is 113 Å². The predicted octanol–water partition coefficient (Wildman–Crippen LogP) is 7.05. The van der Waals surface area contributed by atoms with Crippen molar-refractivity contribution < 1.29 is 10.2 Å². The van der Waals surface area contributed by atoms with Gasteiger partial charge in [-0.2, -0.15) is 5.26 Å². The third-order valence-corrected chi connectivity index (χ3v) is 5.03. The molecule has 0 aromatic heterocycles. The van der Waals surface area contributed by atoms with Gasteiger partial charge in [0.25, 0.3) is 5.84 Å². The van der Waals surface area contributed by atoms with Crippen molar-refractivity contribution in [3.05, 3.63) is 42.3 Å². The van der Waals surface area contributed by atoms with Gasteiger partial charge in [0.1, 0.15) is 17.4 Å². The Kier molecular flexibility index (Phi) is 7.23. The third kappa shape index (κ3) is 4.79. The number of halogens is 6. The molecular weight excluding hydrogens is 483 g/mol. The minimum atomic E-state index is -0.520. The summed E-state index contributed by atoms with van der Waals surface area (Å²) in [6.07, 6.45) is 0. The monoisotopic (exact) mass is 485 g/mol. The predicted molar refractivity (Wildman–Crippen MR) is 107 cm³/mol. The maximum atomic E-state index is 9.91. The lowest BCUT2D eigenvalue weighted by Gasteiger charge is -2.09. The molecule has 0 fully saturated rings. The zero-order chi connectivity index (χ0) is 20.3. The highest BCUT2D eigenvalue weighted by Crippen LogP contribution is 2.45. The van der Waals surface area contributed by atoms with Gasteiger partial charge in [0.15, 0.2) is 11.5 Å². The number of hydrogen-bond donors (Lipinski definition) is 3. The van der Waals surface area contributed by atoms with E-state index in [0.717, 1.165) is 0 Å². The van der Waals surface area contributed by atoms with E-state index < -0.39 is 17.3 Å². The molecule has 0 aliphatic heterocycles. The average molecular weight is 488 g/mol. The van der Waals surface area contributed by atoms with Crippen LogP contribution in [0.2, 0.25) is 30.1 Å². The van der Waals surface area contributed by atoms with E-state index in [4.69, 9.17) is 74.9 Å². The van der Waals surface area contributed by atoms with Crippen LogP contribution in [-0.4, -0.2) is 16.0 Å². The molecule has 0 atom stereocenters. The van der Waals surface area contributed by atoms with Crippen molar-refractivity contribution in [3.63, 3.8) is 0 Å². The first-order chi connectivity index (χ1) is 12.7. The van der Waals surface area contributed by atoms with E-state index in [1.165, 1.54) is 12.1 Å². The van der Waals surface area contributed by atoms with Gasteiger partial charge in [0, 0.05) is 0 Å². The molecule has 0 aliphatic rings. The number of anilines is 1. The molecule has 140 valence electrons. The second kappa shape index (κ2) is 9.02. The Bertz CT molecular complexity index is 966. The molecule has 0 saturated heterocycles. The lowest BCUT2D eigenvalue weighted by molar-refractivity contribution is 0.476. The summed E-state index contributed by atoms with van der Waals surface area (Å²) < 4.78 is 0. The lowest BCUT2D eigenvalue weighted by Crippen LogP contribution is -1.97. The molecule has 27 heavy (non-hydrogen) atoms. The van der Waals surface area contributed by atoms with E-state index in [2.05, 4.69) is 20.8 Å². The summed E-state index contributed by atoms with van der Waals surface area (Å²) in [7, 11) is 0. The van der Waals surface area contributed by atoms with Crippen molar-refractivity contribution in [1.29, 1.82) is 5.26 Å². The normalized spacial score (nSPS) is 11.7. The largest absolute Gasteiger partial charge is 0.504 e. The Morgan fingerprint density at radius 2 is 1.44 bits per heavy atom. The van der Waals surface area contributed by atoms with Gasteiger partial charge in [-0.3, -0.25) is 5.43 Å². The molecular formula is C14H5Cl6N5O2. The molecule has 0 radical (unpaired) electrons. The minimum Gasteiger partial charge on any atom is -0.504 e. The van der Waals surface area contributed by atoms with Gasteiger partial charge in [-0.1, -0.05) is 69.6 Å². The number of hydrazone groups is 1. The maximum Gasteiger partial charge on any atom is 0.270 e. The van der Waals surface area contributed by atoms with Crippen LogP contribution in [0.25, 0.3) is 0 Å². The number of nitriles is 1. The molecule has 2 rings (SSSR count). The molecule has 3 N–H and O–H groups in total. The molecule has 0 amide bonds. The van der Waals surface area contributed by atoms with Crippen LogP contribution in [0.5, 0.6) is 11.5 Å². The number of aromatic hydroxyl groups is 2. The zero-order valence-corrected chi connectivity index (χ0v) is 17.1. The van der Waals surface area contributed by atoms with Crippen molar-refractivity contribution in [2.24, 2.45) is 15.3 Å². The first kappa shape index (κ1) is 21.6. The SMILES string of the molecule is N#CC(N=Nc1c(O)c(Cl)cc(Cl)c1Cl)=NNc1c(O)c(Cl)cc(Cl)c1Cl. The van der Waals surface area contributed by atoms with Crippen molar-refractivity contribution in [2.45, 2.75) is 0 Å². The molecule has 2 aromatic carbocycles. The number of phenols is 2. The highest BCUT2D eigenvalue weighted by molar-refractivity contribution is 6.46. The summed E-state index contributed by atoms with van der Waals surface area (Å²) >= 11 is 35.1. The zero-order valence-electron chi connectivity index (χ0n) is 12.6. The van der Waals surface area contributed by atoms with Crippen molar-refractivity contribution >= 4 is 86.8 Å². The second-order valence-electron chi connectivity index (χ2n) is 4.59. The lowest BCUT2D eigenvalue weighted by atomic mass is 10.3. The fourth-order valence-electron chi connectivity index (χ4n) is 1.63. The minimum absolute atomic E-state index is 0.0206. The number of benzene rings is 2. The van der Waals surface area contributed by atoms with E-state index in [1.54, 1.807) is 6.07 Å². The number of rotatable bonds is 3. The summed E-state index contributed by atoms with van der Waals surface area (Å²) in [5, 5.41) is 39.3. The van der Waals surface area contributed by atoms with Crippen LogP contribution in [0, 0.1) is 11.3 Å². The van der Waals surface area contributed by atoms with Crippen LogP contribution in [0.1, 0.15) is 0 Å². The van der Waals surface area contributed by atoms with Gasteiger partial charge in [-0.05, 0) is 12.1 Å². The van der Waals surface area contributed by atoms with E-state index in [1.807, 2.05) is 0 Å². The van der Waals surface area contributed by atoms with Crippen LogP contribution >= 0.6 is 69.6 Å². The molecule has 0 spiro atoms. The number of hydrogen-bond acceptors (Lipinski definition) is 6. The van der Waals surface area contributed by atoms with Crippen LogP contribution in [0.3, 0.4) is 0 Å². The van der Waals surface area contributed by atoms with Crippen LogP contribution < -0.4 is 5.43 Å². The first-order valence-electron chi connectivity index (χ1n) is 6.55. The summed E-state index contributed by atoms with van der Waals surface area (Å²) in [5.74, 6) is -1.44. The molecule has 0 bridgehead atoms. The standard InChI is InChI=1S/C14H5Cl6N5O2/c15-4-1-6(17)13(26)11(9(4)19)24-22-8(3-21)23-25-12-10(20)5(16)2-7(18)14(12)27/h1-2,24,26-27H. The highest BCUT2D eigenvalue weighted by Gasteiger charge is 2.16. The molecule has 0 unspecified atom stereocenters. The van der Waals surface area contributed by atoms with Gasteiger partial charge < -0.3 is 10.2 Å². The Hall–Kier alpha value is -1.66. The first-order valence-corrected chi connectivity index (χ1v) is 8.82. The second-order valence-corrected chi connectivity index (χ2v) is 6.97. The van der Waals surface area contributed by atoms with Crippen LogP contribution in [0.4, 0.5) is 11.4 Å². The smallest absolute Gasteiger partial charge is 0.270 e. The summed E-state index contributed by atoms with van der Waals surface area (Å²) in [5.41, 5.74) is 1.91. The van der Waals surface area contributed by atoms with Crippen molar-refractivity contribution in [1.82, 2.24) is 0 Å². The van der Waals surface area contributed by atoms with E-state index >= 15 is 0 Å². The summed E-state index contributed by atoms with van der Waals surface area (Å²) in [4.78, 5) is 0. The molecule has 0 aliphatic carbocycles. The average Bonchev–Trinajstić information content (AvgIpc) is 2.63. The highest BCUT2D eigenvalue weighted by atomic mass is 35.5. The summed E-state index contributed by atoms with van der Waals surface area (Å²) in [6, 6.07) is 4.07. The fraction of sp³-hybridized carbons (Fsp3) is 0. The van der Waals surface area contributed by atoms with Crippen LogP contribution in [-0.2, 0) is 0 Å². The van der Waals surface area contributed by atoms with Gasteiger partial charge in [0.05, 0.1) is 30.1 Å². The number of azo groups is 1. The molecule has 0 saturated carbocycles. The fourth-order valence-corrected chi connectivity index (χ4v) is 2.91. The van der Waals surface area contributed by atoms with Gasteiger partial charge in [0.2, 0.25) is 0 Å². The van der Waals surface area contributed by atoms with Gasteiger partial charge in [-0.15, -0.1) is 15.3 Å². The number of nitrogens with one attached hydrogen (secondary N) is 1. The molecule has 13 heteroatoms. The quantitative estimate of drug-likeness (QED) is 0.107. The third-order valence-electron chi connectivity index (χ3n) is 2.89. The van der Waals surface area contributed by atoms with E-state index in [0.29, 0.717) is 0 Å². The number of amidine groups is 1. The Morgan fingerprint density at radius 3 is 2.04 bits per heavy atom. The van der Waals surface area contributed by atoms with Gasteiger partial charge in [-0.25, -0.2) is 0 Å². The van der Waals surface area contributed by atoms with Crippen LogP contribution in [0.15, 0.2) is 27.5 Å². The Balaban J connectivity index is 2.38. The Labute approximate surface area is 182 Å². The Morgan fingerprint density at radius 1 is 0.889 bits per heavy atom.